The van der Waals surface area contributed by atoms with Crippen molar-refractivity contribution in [2.75, 3.05) is 31.7 Å². The molecule has 0 bridgehead atoms. The lowest BCUT2D eigenvalue weighted by molar-refractivity contribution is 0.323. The number of anilines is 3. The van der Waals surface area contributed by atoms with Crippen LogP contribution in [0.3, 0.4) is 0 Å². The molecule has 9 heteroatoms. The van der Waals surface area contributed by atoms with Gasteiger partial charge < -0.3 is 19.5 Å². The summed E-state index contributed by atoms with van der Waals surface area (Å²) in [5.74, 6) is 1.74. The number of hydrogen-bond acceptors (Lipinski definition) is 7. The SMILES string of the molecule is COc1cc(C2CC(c3ccc(Nc4ccnc5cc(Cl)ccc45)cc3)=NN2c2ccc(Cl)cc2)cc(OC)c1OC. The van der Waals surface area contributed by atoms with Crippen LogP contribution in [0.1, 0.15) is 23.6 Å². The van der Waals surface area contributed by atoms with Crippen LogP contribution in [0.15, 0.2) is 96.2 Å². The molecule has 1 N–H and O–H groups in total. The van der Waals surface area contributed by atoms with Gasteiger partial charge in [0.25, 0.3) is 0 Å². The number of benzene rings is 4. The van der Waals surface area contributed by atoms with E-state index < -0.39 is 0 Å². The molecule has 0 saturated carbocycles. The molecular formula is C33H28Cl2N4O3. The van der Waals surface area contributed by atoms with Crippen LogP contribution in [-0.2, 0) is 0 Å². The second kappa shape index (κ2) is 11.8. The molecular weight excluding hydrogens is 571 g/mol. The number of methoxy groups -OCH3 is 3. The maximum absolute atomic E-state index is 6.20. The van der Waals surface area contributed by atoms with Gasteiger partial charge >= 0.3 is 0 Å². The molecule has 1 aliphatic heterocycles. The third-order valence-electron chi connectivity index (χ3n) is 7.28. The number of nitrogens with one attached hydrogen (secondary N) is 1. The van der Waals surface area contributed by atoms with Crippen molar-refractivity contribution in [2.24, 2.45) is 5.10 Å². The number of nitrogens with zero attached hydrogens (tertiary/aromatic N) is 3. The maximum atomic E-state index is 6.20. The third kappa shape index (κ3) is 5.41. The first-order chi connectivity index (χ1) is 20.5. The van der Waals surface area contributed by atoms with Crippen molar-refractivity contribution in [2.45, 2.75) is 12.5 Å². The standard InChI is InChI=1S/C33H28Cl2N4O3/c1-40-31-16-21(17-32(41-2)33(31)42-3)30-19-28(38-39(30)25-11-6-22(34)7-12-25)20-4-9-24(10-5-20)37-27-14-15-36-29-18-23(35)8-13-26(27)29/h4-18,30H,19H2,1-3H3,(H,36,37). The zero-order valence-electron chi connectivity index (χ0n) is 23.3. The van der Waals surface area contributed by atoms with Crippen LogP contribution in [0.4, 0.5) is 17.1 Å². The van der Waals surface area contributed by atoms with Crippen LogP contribution in [0.5, 0.6) is 17.2 Å². The lowest BCUT2D eigenvalue weighted by Gasteiger charge is -2.25. The van der Waals surface area contributed by atoms with Crippen molar-refractivity contribution in [3.8, 4) is 17.2 Å². The molecule has 0 spiro atoms. The van der Waals surface area contributed by atoms with Gasteiger partial charge in [-0.2, -0.15) is 5.10 Å². The average Bonchev–Trinajstić information content (AvgIpc) is 3.46. The molecule has 5 aromatic rings. The molecule has 7 nitrogen and oxygen atoms in total. The molecule has 2 heterocycles. The summed E-state index contributed by atoms with van der Waals surface area (Å²) < 4.78 is 16.8. The Morgan fingerprint density at radius 1 is 0.786 bits per heavy atom. The Labute approximate surface area is 254 Å². The highest BCUT2D eigenvalue weighted by Gasteiger charge is 2.32. The van der Waals surface area contributed by atoms with Gasteiger partial charge in [0, 0.05) is 39.4 Å². The highest BCUT2D eigenvalue weighted by Crippen LogP contribution is 2.44. The predicted octanol–water partition coefficient (Wildman–Crippen LogP) is 8.67. The predicted molar refractivity (Wildman–Crippen MR) is 170 cm³/mol. The van der Waals surface area contributed by atoms with E-state index in [2.05, 4.69) is 34.6 Å². The minimum atomic E-state index is -0.109. The minimum absolute atomic E-state index is 0.109. The number of fused-ring (bicyclic) bond motifs is 1. The summed E-state index contributed by atoms with van der Waals surface area (Å²) in [6.45, 7) is 0. The van der Waals surface area contributed by atoms with E-state index in [0.717, 1.165) is 44.8 Å². The molecule has 0 aliphatic carbocycles. The van der Waals surface area contributed by atoms with E-state index in [1.54, 1.807) is 27.5 Å². The van der Waals surface area contributed by atoms with Gasteiger partial charge in [-0.1, -0.05) is 35.3 Å². The van der Waals surface area contributed by atoms with Crippen LogP contribution in [0, 0.1) is 0 Å². The number of halogens is 2. The van der Waals surface area contributed by atoms with Crippen LogP contribution in [0.25, 0.3) is 10.9 Å². The van der Waals surface area contributed by atoms with Crippen molar-refractivity contribution >= 4 is 56.9 Å². The fraction of sp³-hybridized carbons (Fsp3) is 0.152. The maximum Gasteiger partial charge on any atom is 0.203 e. The molecule has 212 valence electrons. The van der Waals surface area contributed by atoms with E-state index in [-0.39, 0.29) is 6.04 Å². The molecule has 1 aliphatic rings. The van der Waals surface area contributed by atoms with Gasteiger partial charge in [-0.05, 0) is 83.9 Å². The Kier molecular flexibility index (Phi) is 7.78. The topological polar surface area (TPSA) is 68.2 Å². The lowest BCUT2D eigenvalue weighted by Crippen LogP contribution is -2.18. The second-order valence-corrected chi connectivity index (χ2v) is 10.6. The summed E-state index contributed by atoms with van der Waals surface area (Å²) in [4.78, 5) is 4.44. The van der Waals surface area contributed by atoms with Crippen molar-refractivity contribution in [1.82, 2.24) is 4.98 Å². The summed E-state index contributed by atoms with van der Waals surface area (Å²) in [7, 11) is 4.84. The number of ether oxygens (including phenoxy) is 3. The normalized spacial score (nSPS) is 14.5. The second-order valence-electron chi connectivity index (χ2n) is 9.77. The lowest BCUT2D eigenvalue weighted by atomic mass is 9.97. The smallest absolute Gasteiger partial charge is 0.203 e. The molecule has 4 aromatic carbocycles. The quantitative estimate of drug-likeness (QED) is 0.193. The average molecular weight is 600 g/mol. The van der Waals surface area contributed by atoms with E-state index in [4.69, 9.17) is 42.5 Å². The zero-order valence-corrected chi connectivity index (χ0v) is 24.8. The first kappa shape index (κ1) is 27.7. The Hall–Kier alpha value is -4.46. The van der Waals surface area contributed by atoms with Gasteiger partial charge in [-0.3, -0.25) is 9.99 Å². The highest BCUT2D eigenvalue weighted by atomic mass is 35.5. The Morgan fingerprint density at radius 3 is 2.14 bits per heavy atom. The Balaban J connectivity index is 1.32. The number of pyridine rings is 1. The first-order valence-corrected chi connectivity index (χ1v) is 14.1. The van der Waals surface area contributed by atoms with E-state index in [1.165, 1.54) is 0 Å². The van der Waals surface area contributed by atoms with Gasteiger partial charge in [-0.15, -0.1) is 0 Å². The van der Waals surface area contributed by atoms with Crippen LogP contribution in [0.2, 0.25) is 10.0 Å². The van der Waals surface area contributed by atoms with Gasteiger partial charge in [0.05, 0.1) is 44.3 Å². The van der Waals surface area contributed by atoms with Crippen LogP contribution >= 0.6 is 23.2 Å². The molecule has 0 amide bonds. The number of rotatable bonds is 8. The van der Waals surface area contributed by atoms with Gasteiger partial charge in [0.1, 0.15) is 0 Å². The van der Waals surface area contributed by atoms with Gasteiger partial charge in [0.2, 0.25) is 5.75 Å². The molecule has 1 unspecified atom stereocenters. The fourth-order valence-corrected chi connectivity index (χ4v) is 5.49. The molecule has 0 saturated heterocycles. The van der Waals surface area contributed by atoms with Gasteiger partial charge in [0.15, 0.2) is 11.5 Å². The summed E-state index contributed by atoms with van der Waals surface area (Å²) in [5, 5.41) is 12.9. The van der Waals surface area contributed by atoms with Crippen molar-refractivity contribution < 1.29 is 14.2 Å². The monoisotopic (exact) mass is 598 g/mol. The van der Waals surface area contributed by atoms with E-state index in [0.29, 0.717) is 33.7 Å². The molecule has 0 fully saturated rings. The summed E-state index contributed by atoms with van der Waals surface area (Å²) in [6.07, 6.45) is 2.45. The van der Waals surface area contributed by atoms with Crippen molar-refractivity contribution in [3.05, 3.63) is 112 Å². The van der Waals surface area contributed by atoms with E-state index in [9.17, 15) is 0 Å². The Morgan fingerprint density at radius 2 is 1.48 bits per heavy atom. The third-order valence-corrected chi connectivity index (χ3v) is 7.76. The molecule has 0 radical (unpaired) electrons. The van der Waals surface area contributed by atoms with Crippen LogP contribution in [-0.4, -0.2) is 32.0 Å². The van der Waals surface area contributed by atoms with Crippen molar-refractivity contribution in [3.63, 3.8) is 0 Å². The molecule has 1 atom stereocenters. The summed E-state index contributed by atoms with van der Waals surface area (Å²) in [5.41, 5.74) is 6.65. The van der Waals surface area contributed by atoms with Crippen LogP contribution < -0.4 is 24.5 Å². The van der Waals surface area contributed by atoms with Crippen molar-refractivity contribution in [1.29, 1.82) is 0 Å². The fourth-order valence-electron chi connectivity index (χ4n) is 5.20. The zero-order chi connectivity index (χ0) is 29.2. The largest absolute Gasteiger partial charge is 0.493 e. The first-order valence-electron chi connectivity index (χ1n) is 13.3. The minimum Gasteiger partial charge on any atom is -0.493 e. The van der Waals surface area contributed by atoms with E-state index in [1.807, 2.05) is 65.7 Å². The number of aromatic nitrogens is 1. The molecule has 42 heavy (non-hydrogen) atoms. The summed E-state index contributed by atoms with van der Waals surface area (Å²) >= 11 is 12.4. The van der Waals surface area contributed by atoms with E-state index >= 15 is 0 Å². The molecule has 1 aromatic heterocycles. The summed E-state index contributed by atoms with van der Waals surface area (Å²) in [6, 6.07) is 27.5. The van der Waals surface area contributed by atoms with Gasteiger partial charge in [-0.25, -0.2) is 0 Å². The molecule has 6 rings (SSSR count). The number of hydrogen-bond donors (Lipinski definition) is 1. The number of hydrazone groups is 1. The Bertz CT molecular complexity index is 1750. The highest BCUT2D eigenvalue weighted by molar-refractivity contribution is 6.31.